The van der Waals surface area contributed by atoms with Crippen LogP contribution in [-0.2, 0) is 0 Å². The Morgan fingerprint density at radius 2 is 1.25 bits per heavy atom. The molecule has 0 unspecified atom stereocenters. The van der Waals surface area contributed by atoms with E-state index in [1.807, 2.05) is 0 Å². The van der Waals surface area contributed by atoms with E-state index in [0.29, 0.717) is 0 Å². The Morgan fingerprint density at radius 3 is 1.25 bits per heavy atom. The summed E-state index contributed by atoms with van der Waals surface area (Å²) in [7, 11) is 6.25. The zero-order chi connectivity index (χ0) is 3.58. The van der Waals surface area contributed by atoms with Crippen molar-refractivity contribution in [1.29, 1.82) is 0 Å². The molecule has 0 rings (SSSR count). The van der Waals surface area contributed by atoms with Gasteiger partial charge in [-0.3, -0.25) is 0 Å². The van der Waals surface area contributed by atoms with Crippen molar-refractivity contribution in [2.75, 3.05) is 21.1 Å². The van der Waals surface area contributed by atoms with Gasteiger partial charge in [0.05, 0.1) is 21.1 Å². The summed E-state index contributed by atoms with van der Waals surface area (Å²) in [5.74, 6) is 0. The van der Waals surface area contributed by atoms with Crippen molar-refractivity contribution in [2.24, 2.45) is 0 Å². The smallest absolute Gasteiger partial charge is 0.0661 e. The van der Waals surface area contributed by atoms with Crippen molar-refractivity contribution >= 4 is 0 Å². The van der Waals surface area contributed by atoms with Gasteiger partial charge < -0.3 is 6.33 Å². The number of rotatable bonds is 0. The molecule has 0 fully saturated rings. The third-order valence-corrected chi connectivity index (χ3v) is 0. The van der Waals surface area contributed by atoms with Gasteiger partial charge in [-0.15, -0.1) is 0 Å². The Morgan fingerprint density at radius 1 is 1.25 bits per heavy atom. The second kappa shape index (κ2) is 1.30. The van der Waals surface area contributed by atoms with Gasteiger partial charge in [-0.2, -0.15) is 0 Å². The third-order valence-electron chi connectivity index (χ3n) is 0. The first-order valence-corrected chi connectivity index (χ1v) is 1.50. The second-order valence-corrected chi connectivity index (χ2v) is 1.50. The Balaban J connectivity index is 0. The first-order chi connectivity index (χ1) is 1.73. The van der Waals surface area contributed by atoms with Crippen LogP contribution in [0.1, 0.15) is 1.43 Å². The maximum Gasteiger partial charge on any atom is 0.0661 e. The van der Waals surface area contributed by atoms with Gasteiger partial charge in [0.2, 0.25) is 0 Å². The van der Waals surface area contributed by atoms with E-state index in [1.54, 1.807) is 0 Å². The minimum atomic E-state index is 0. The molecule has 0 aliphatic rings. The SMILES string of the molecule is C[NH+](C)C.[H-]. The fraction of sp³-hybridized carbons (Fsp3) is 1.00. The molecular formula is C3H11N. The summed E-state index contributed by atoms with van der Waals surface area (Å²) in [4.78, 5) is 1.42. The monoisotopic (exact) mass is 61.1 g/mol. The predicted octanol–water partition coefficient (Wildman–Crippen LogP) is -1.13. The van der Waals surface area contributed by atoms with E-state index in [4.69, 9.17) is 0 Å². The highest BCUT2D eigenvalue weighted by Gasteiger charge is 1.61. The fourth-order valence-electron chi connectivity index (χ4n) is 0. The summed E-state index contributed by atoms with van der Waals surface area (Å²) in [6, 6.07) is 0. The molecule has 0 amide bonds. The predicted molar refractivity (Wildman–Crippen MR) is 19.8 cm³/mol. The van der Waals surface area contributed by atoms with E-state index in [9.17, 15) is 0 Å². The number of hydrogen-bond acceptors (Lipinski definition) is 0. The number of hydrogen-bond donors (Lipinski definition) is 1. The molecule has 1 heteroatoms. The summed E-state index contributed by atoms with van der Waals surface area (Å²) in [5.41, 5.74) is 0. The summed E-state index contributed by atoms with van der Waals surface area (Å²) in [5, 5.41) is 0. The van der Waals surface area contributed by atoms with Crippen molar-refractivity contribution in [2.45, 2.75) is 0 Å². The lowest BCUT2D eigenvalue weighted by Crippen LogP contribution is -3.02. The van der Waals surface area contributed by atoms with Gasteiger partial charge in [0.25, 0.3) is 0 Å². The Bertz CT molecular complexity index is 11.6. The topological polar surface area (TPSA) is 4.44 Å². The maximum atomic E-state index is 2.08. The highest BCUT2D eigenvalue weighted by atomic mass is 15.0. The molecule has 0 radical (unpaired) electrons. The molecular weight excluding hydrogens is 50.0 g/mol. The molecule has 0 heterocycles. The van der Waals surface area contributed by atoms with E-state index >= 15 is 0 Å². The molecule has 0 aromatic rings. The van der Waals surface area contributed by atoms with Gasteiger partial charge in [-0.1, -0.05) is 0 Å². The second-order valence-electron chi connectivity index (χ2n) is 1.50. The van der Waals surface area contributed by atoms with E-state index in [-0.39, 0.29) is 1.43 Å². The van der Waals surface area contributed by atoms with Gasteiger partial charge in [-0.25, -0.2) is 0 Å². The molecule has 0 aromatic heterocycles. The molecule has 0 atom stereocenters. The highest BCUT2D eigenvalue weighted by molar-refractivity contribution is 3.59. The summed E-state index contributed by atoms with van der Waals surface area (Å²) in [6.45, 7) is 0. The van der Waals surface area contributed by atoms with Gasteiger partial charge in [0.1, 0.15) is 0 Å². The summed E-state index contributed by atoms with van der Waals surface area (Å²) >= 11 is 0. The van der Waals surface area contributed by atoms with Gasteiger partial charge >= 0.3 is 0 Å². The molecule has 1 nitrogen and oxygen atoms in total. The molecule has 0 spiro atoms. The van der Waals surface area contributed by atoms with Crippen LogP contribution in [0.15, 0.2) is 0 Å². The van der Waals surface area contributed by atoms with Crippen LogP contribution >= 0.6 is 0 Å². The van der Waals surface area contributed by atoms with Crippen LogP contribution in [0.5, 0.6) is 0 Å². The molecule has 0 aliphatic heterocycles. The lowest BCUT2D eigenvalue weighted by Gasteiger charge is -1.88. The zero-order valence-corrected chi connectivity index (χ0v) is 3.50. The van der Waals surface area contributed by atoms with E-state index in [1.165, 1.54) is 4.90 Å². The van der Waals surface area contributed by atoms with Crippen LogP contribution in [0.4, 0.5) is 0 Å². The van der Waals surface area contributed by atoms with Crippen LogP contribution in [-0.4, -0.2) is 21.1 Å². The lowest BCUT2D eigenvalue weighted by molar-refractivity contribution is -0.836. The van der Waals surface area contributed by atoms with Crippen molar-refractivity contribution in [3.63, 3.8) is 0 Å². The molecule has 0 aromatic carbocycles. The van der Waals surface area contributed by atoms with Crippen molar-refractivity contribution in [1.82, 2.24) is 0 Å². The van der Waals surface area contributed by atoms with Crippen molar-refractivity contribution < 1.29 is 6.33 Å². The van der Waals surface area contributed by atoms with E-state index in [0.717, 1.165) is 0 Å². The van der Waals surface area contributed by atoms with Crippen LogP contribution in [0.2, 0.25) is 0 Å². The molecule has 28 valence electrons. The van der Waals surface area contributed by atoms with Crippen LogP contribution < -0.4 is 4.90 Å². The molecule has 0 saturated carbocycles. The number of quaternary nitrogens is 1. The quantitative estimate of drug-likeness (QED) is 0.361. The Hall–Kier alpha value is -0.0400. The van der Waals surface area contributed by atoms with Crippen molar-refractivity contribution in [3.8, 4) is 0 Å². The van der Waals surface area contributed by atoms with E-state index in [2.05, 4.69) is 21.1 Å². The molecule has 0 aliphatic carbocycles. The average Bonchev–Trinajstić information content (AvgIpc) is 0.811. The van der Waals surface area contributed by atoms with Gasteiger partial charge in [0, 0.05) is 0 Å². The van der Waals surface area contributed by atoms with Gasteiger partial charge in [0.15, 0.2) is 0 Å². The summed E-state index contributed by atoms with van der Waals surface area (Å²) < 4.78 is 0. The standard InChI is InChI=1S/C3H9N.H/c1-4(2)3;/h1-3H3;/q;-1/p+1. The third kappa shape index (κ3) is 1130. The normalized spacial score (nSPS) is 9.00. The van der Waals surface area contributed by atoms with Gasteiger partial charge in [-0.05, 0) is 0 Å². The van der Waals surface area contributed by atoms with E-state index < -0.39 is 0 Å². The minimum Gasteiger partial charge on any atom is -1.00 e. The highest BCUT2D eigenvalue weighted by Crippen LogP contribution is 0.864. The number of nitrogens with one attached hydrogen (secondary N) is 1. The molecule has 0 saturated heterocycles. The maximum absolute atomic E-state index is 2.08. The largest absolute Gasteiger partial charge is 1.00 e. The first-order valence-electron chi connectivity index (χ1n) is 1.50. The Kier molecular flexibility index (Phi) is 1.28. The summed E-state index contributed by atoms with van der Waals surface area (Å²) in [6.07, 6.45) is 0. The zero-order valence-electron chi connectivity index (χ0n) is 4.50. The fourth-order valence-corrected chi connectivity index (χ4v) is 0. The van der Waals surface area contributed by atoms with Crippen molar-refractivity contribution in [3.05, 3.63) is 0 Å². The minimum absolute atomic E-state index is 0. The molecule has 4 heavy (non-hydrogen) atoms. The molecule has 1 N–H and O–H groups in total. The molecule has 0 bridgehead atoms. The Labute approximate surface area is 28.7 Å². The first kappa shape index (κ1) is 3.96. The van der Waals surface area contributed by atoms with Crippen LogP contribution in [0.3, 0.4) is 0 Å². The average molecular weight is 61.1 g/mol. The lowest BCUT2D eigenvalue weighted by atomic mass is 11.0. The van der Waals surface area contributed by atoms with Crippen LogP contribution in [0.25, 0.3) is 0 Å². The van der Waals surface area contributed by atoms with Crippen LogP contribution in [0, 0.1) is 0 Å².